The summed E-state index contributed by atoms with van der Waals surface area (Å²) in [4.78, 5) is 28.9. The maximum absolute atomic E-state index is 12.5. The predicted octanol–water partition coefficient (Wildman–Crippen LogP) is 1.97. The number of rotatable bonds is 5. The summed E-state index contributed by atoms with van der Waals surface area (Å²) in [6.45, 7) is 3.96. The highest BCUT2D eigenvalue weighted by molar-refractivity contribution is 5.98. The lowest BCUT2D eigenvalue weighted by molar-refractivity contribution is 0.0949. The van der Waals surface area contributed by atoms with Crippen LogP contribution in [0.5, 0.6) is 0 Å². The molecule has 6 nitrogen and oxygen atoms in total. The van der Waals surface area contributed by atoms with E-state index in [2.05, 4.69) is 22.5 Å². The second-order valence-electron chi connectivity index (χ2n) is 6.80. The van der Waals surface area contributed by atoms with Crippen molar-refractivity contribution >= 4 is 11.8 Å². The minimum atomic E-state index is -1.02. The van der Waals surface area contributed by atoms with Gasteiger partial charge in [-0.3, -0.25) is 9.59 Å². The molecule has 1 aromatic heterocycles. The Hall–Kier alpha value is -2.73. The van der Waals surface area contributed by atoms with Crippen LogP contribution in [-0.4, -0.2) is 35.0 Å². The number of nitrogens with zero attached hydrogens (tertiary/aromatic N) is 1. The van der Waals surface area contributed by atoms with Crippen LogP contribution in [0.3, 0.4) is 0 Å². The summed E-state index contributed by atoms with van der Waals surface area (Å²) in [5, 5.41) is 16.2. The highest BCUT2D eigenvalue weighted by Crippen LogP contribution is 2.30. The third-order valence-electron chi connectivity index (χ3n) is 4.76. The molecule has 136 valence electrons. The van der Waals surface area contributed by atoms with Crippen molar-refractivity contribution in [3.8, 4) is 0 Å². The number of aromatic nitrogens is 1. The molecule has 1 fully saturated rings. The minimum Gasteiger partial charge on any atom is -0.382 e. The maximum Gasteiger partial charge on any atom is 0.269 e. The van der Waals surface area contributed by atoms with Crippen LogP contribution in [0.15, 0.2) is 36.4 Å². The van der Waals surface area contributed by atoms with Gasteiger partial charge in [0.25, 0.3) is 11.8 Å². The van der Waals surface area contributed by atoms with Gasteiger partial charge in [0.1, 0.15) is 11.8 Å². The number of aliphatic hydroxyl groups is 1. The van der Waals surface area contributed by atoms with E-state index < -0.39 is 12.0 Å². The van der Waals surface area contributed by atoms with Crippen LogP contribution in [0.25, 0.3) is 0 Å². The lowest BCUT2D eigenvalue weighted by Crippen LogP contribution is -2.28. The van der Waals surface area contributed by atoms with E-state index >= 15 is 0 Å². The zero-order chi connectivity index (χ0) is 18.8. The molecule has 0 spiro atoms. The van der Waals surface area contributed by atoms with E-state index in [-0.39, 0.29) is 23.3 Å². The van der Waals surface area contributed by atoms with Gasteiger partial charge in [0.05, 0.1) is 5.69 Å². The number of hydrogen-bond acceptors (Lipinski definition) is 4. The standard InChI is InChI=1S/C20H23N3O3/c1-11-6-4-5-7-14(11)18(24)16-9-13(10-17(22-16)20(26)21-3)19(25)23-15-8-12(15)2/h4-7,9-10,12,15,18,24H,8H2,1-3H3,(H,21,26)(H,23,25)/t12-,15-,18+/m0/s1. The third-order valence-corrected chi connectivity index (χ3v) is 4.76. The molecule has 3 rings (SSSR count). The summed E-state index contributed by atoms with van der Waals surface area (Å²) in [6, 6.07) is 10.6. The number of carbonyl (C=O) groups is 2. The van der Waals surface area contributed by atoms with Gasteiger partial charge in [0, 0.05) is 18.7 Å². The summed E-state index contributed by atoms with van der Waals surface area (Å²) < 4.78 is 0. The van der Waals surface area contributed by atoms with Crippen molar-refractivity contribution < 1.29 is 14.7 Å². The fraction of sp³-hybridized carbons (Fsp3) is 0.350. The average Bonchev–Trinajstić information content (AvgIpc) is 3.34. The third kappa shape index (κ3) is 3.75. The Morgan fingerprint density at radius 1 is 1.23 bits per heavy atom. The van der Waals surface area contributed by atoms with E-state index in [4.69, 9.17) is 0 Å². The van der Waals surface area contributed by atoms with Gasteiger partial charge in [0.2, 0.25) is 0 Å². The highest BCUT2D eigenvalue weighted by atomic mass is 16.3. The zero-order valence-electron chi connectivity index (χ0n) is 15.1. The molecule has 1 aliphatic carbocycles. The summed E-state index contributed by atoms with van der Waals surface area (Å²) in [6.07, 6.45) is -0.0649. The summed E-state index contributed by atoms with van der Waals surface area (Å²) >= 11 is 0. The second-order valence-corrected chi connectivity index (χ2v) is 6.80. The van der Waals surface area contributed by atoms with E-state index in [0.29, 0.717) is 17.0 Å². The monoisotopic (exact) mass is 353 g/mol. The fourth-order valence-electron chi connectivity index (χ4n) is 2.90. The molecule has 3 atom stereocenters. The Bertz CT molecular complexity index is 850. The van der Waals surface area contributed by atoms with E-state index in [1.165, 1.54) is 13.1 Å². The molecule has 1 saturated carbocycles. The Kier molecular flexibility index (Phi) is 5.04. The van der Waals surface area contributed by atoms with Gasteiger partial charge in [-0.2, -0.15) is 0 Å². The molecule has 2 amide bonds. The normalized spacial score (nSPS) is 19.5. The maximum atomic E-state index is 12.5. The molecule has 2 aromatic rings. The van der Waals surface area contributed by atoms with Crippen LogP contribution in [-0.2, 0) is 0 Å². The Morgan fingerprint density at radius 2 is 1.92 bits per heavy atom. The molecule has 0 unspecified atom stereocenters. The molecule has 6 heteroatoms. The number of nitrogens with one attached hydrogen (secondary N) is 2. The van der Waals surface area contributed by atoms with Crippen molar-refractivity contribution in [1.29, 1.82) is 0 Å². The Balaban J connectivity index is 1.98. The molecule has 1 aliphatic rings. The lowest BCUT2D eigenvalue weighted by Gasteiger charge is -2.15. The Morgan fingerprint density at radius 3 is 2.54 bits per heavy atom. The molecule has 1 aromatic carbocycles. The van der Waals surface area contributed by atoms with Crippen LogP contribution in [0.2, 0.25) is 0 Å². The first-order chi connectivity index (χ1) is 12.4. The first-order valence-electron chi connectivity index (χ1n) is 8.69. The van der Waals surface area contributed by atoms with Crippen LogP contribution in [0.4, 0.5) is 0 Å². The molecular weight excluding hydrogens is 330 g/mol. The first kappa shape index (κ1) is 18.1. The van der Waals surface area contributed by atoms with Gasteiger partial charge in [-0.1, -0.05) is 31.2 Å². The summed E-state index contributed by atoms with van der Waals surface area (Å²) in [5.41, 5.74) is 2.29. The minimum absolute atomic E-state index is 0.103. The molecule has 3 N–H and O–H groups in total. The number of aryl methyl sites for hydroxylation is 1. The predicted molar refractivity (Wildman–Crippen MR) is 97.9 cm³/mol. The molecule has 0 bridgehead atoms. The van der Waals surface area contributed by atoms with Gasteiger partial charge in [-0.05, 0) is 42.5 Å². The highest BCUT2D eigenvalue weighted by Gasteiger charge is 2.34. The van der Waals surface area contributed by atoms with Gasteiger partial charge in [-0.25, -0.2) is 4.98 Å². The van der Waals surface area contributed by atoms with Crippen molar-refractivity contribution in [2.75, 3.05) is 7.05 Å². The largest absolute Gasteiger partial charge is 0.382 e. The number of benzene rings is 1. The number of amides is 2. The van der Waals surface area contributed by atoms with E-state index in [1.807, 2.05) is 25.1 Å². The van der Waals surface area contributed by atoms with Crippen molar-refractivity contribution in [2.24, 2.45) is 5.92 Å². The smallest absolute Gasteiger partial charge is 0.269 e. The number of hydrogen-bond donors (Lipinski definition) is 3. The van der Waals surface area contributed by atoms with Crippen LogP contribution < -0.4 is 10.6 Å². The van der Waals surface area contributed by atoms with E-state index in [9.17, 15) is 14.7 Å². The first-order valence-corrected chi connectivity index (χ1v) is 8.69. The van der Waals surface area contributed by atoms with Crippen molar-refractivity contribution in [1.82, 2.24) is 15.6 Å². The molecular formula is C20H23N3O3. The van der Waals surface area contributed by atoms with Crippen LogP contribution >= 0.6 is 0 Å². The van der Waals surface area contributed by atoms with Crippen LogP contribution in [0.1, 0.15) is 57.1 Å². The molecule has 0 radical (unpaired) electrons. The van der Waals surface area contributed by atoms with Gasteiger partial charge in [-0.15, -0.1) is 0 Å². The SMILES string of the molecule is CNC(=O)c1cc(C(=O)N[C@H]2C[C@@H]2C)cc([C@H](O)c2ccccc2C)n1. The zero-order valence-corrected chi connectivity index (χ0v) is 15.1. The quantitative estimate of drug-likeness (QED) is 0.766. The van der Waals surface area contributed by atoms with E-state index in [1.54, 1.807) is 12.1 Å². The van der Waals surface area contributed by atoms with Crippen molar-refractivity contribution in [2.45, 2.75) is 32.4 Å². The van der Waals surface area contributed by atoms with E-state index in [0.717, 1.165) is 12.0 Å². The topological polar surface area (TPSA) is 91.3 Å². The molecule has 26 heavy (non-hydrogen) atoms. The van der Waals surface area contributed by atoms with Gasteiger partial charge in [0.15, 0.2) is 0 Å². The number of carbonyl (C=O) groups excluding carboxylic acids is 2. The van der Waals surface area contributed by atoms with Crippen molar-refractivity contribution in [3.05, 3.63) is 64.5 Å². The lowest BCUT2D eigenvalue weighted by atomic mass is 9.99. The van der Waals surface area contributed by atoms with Crippen LogP contribution in [0, 0.1) is 12.8 Å². The number of aliphatic hydroxyl groups excluding tert-OH is 1. The summed E-state index contributed by atoms with van der Waals surface area (Å²) in [5.74, 6) is -0.195. The Labute approximate surface area is 152 Å². The fourth-order valence-corrected chi connectivity index (χ4v) is 2.90. The van der Waals surface area contributed by atoms with Gasteiger partial charge < -0.3 is 15.7 Å². The molecule has 0 aliphatic heterocycles. The second kappa shape index (κ2) is 7.25. The molecule has 1 heterocycles. The van der Waals surface area contributed by atoms with Crippen molar-refractivity contribution in [3.63, 3.8) is 0 Å². The van der Waals surface area contributed by atoms with Gasteiger partial charge >= 0.3 is 0 Å². The average molecular weight is 353 g/mol. The summed E-state index contributed by atoms with van der Waals surface area (Å²) in [7, 11) is 1.50. The number of pyridine rings is 1. The molecule has 0 saturated heterocycles.